The largest absolute Gasteiger partial charge is 0.487 e. The van der Waals surface area contributed by atoms with E-state index in [0.717, 1.165) is 17.6 Å². The van der Waals surface area contributed by atoms with Gasteiger partial charge in [-0.1, -0.05) is 30.3 Å². The first-order valence-electron chi connectivity index (χ1n) is 8.30. The van der Waals surface area contributed by atoms with Gasteiger partial charge < -0.3 is 10.1 Å². The molecule has 0 spiro atoms. The van der Waals surface area contributed by atoms with Crippen LogP contribution in [0.5, 0.6) is 5.75 Å². The summed E-state index contributed by atoms with van der Waals surface area (Å²) in [4.78, 5) is 12.9. The van der Waals surface area contributed by atoms with Gasteiger partial charge in [-0.15, -0.1) is 0 Å². The average molecular weight is 374 g/mol. The van der Waals surface area contributed by atoms with E-state index in [1.165, 1.54) is 0 Å². The van der Waals surface area contributed by atoms with Crippen molar-refractivity contribution in [3.05, 3.63) is 59.7 Å². The quantitative estimate of drug-likeness (QED) is 0.861. The van der Waals surface area contributed by atoms with Crippen LogP contribution in [0.15, 0.2) is 48.5 Å². The molecule has 26 heavy (non-hydrogen) atoms. The molecule has 0 bridgehead atoms. The van der Waals surface area contributed by atoms with Crippen LogP contribution in [0.3, 0.4) is 0 Å². The number of anilines is 1. The topological polar surface area (TPSA) is 84.5 Å². The van der Waals surface area contributed by atoms with Crippen LogP contribution >= 0.6 is 0 Å². The van der Waals surface area contributed by atoms with Crippen LogP contribution < -0.4 is 14.8 Å². The summed E-state index contributed by atoms with van der Waals surface area (Å²) in [6, 6.07) is 13.9. The summed E-state index contributed by atoms with van der Waals surface area (Å²) in [6.45, 7) is 3.95. The molecule has 1 aliphatic rings. The number of hydrogen-bond acceptors (Lipinski definition) is 4. The molecule has 1 aliphatic heterocycles. The van der Waals surface area contributed by atoms with Gasteiger partial charge in [-0.05, 0) is 32.0 Å². The van der Waals surface area contributed by atoms with E-state index in [4.69, 9.17) is 4.74 Å². The summed E-state index contributed by atoms with van der Waals surface area (Å²) < 4.78 is 31.5. The molecule has 0 radical (unpaired) electrons. The second kappa shape index (κ2) is 6.64. The van der Waals surface area contributed by atoms with E-state index in [2.05, 4.69) is 10.0 Å². The van der Waals surface area contributed by atoms with Gasteiger partial charge in [0.1, 0.15) is 11.4 Å². The number of nitrogens with one attached hydrogen (secondary N) is 2. The van der Waals surface area contributed by atoms with Crippen LogP contribution in [0, 0.1) is 0 Å². The first-order chi connectivity index (χ1) is 12.1. The van der Waals surface area contributed by atoms with Crippen molar-refractivity contribution < 1.29 is 17.9 Å². The third kappa shape index (κ3) is 4.16. The number of fused-ring (bicyclic) bond motifs is 1. The Labute approximate surface area is 153 Å². The Hall–Kier alpha value is -2.54. The fraction of sp³-hybridized carbons (Fsp3) is 0.316. The lowest BCUT2D eigenvalue weighted by atomic mass is 9.89. The normalized spacial score (nSPS) is 18.3. The van der Waals surface area contributed by atoms with Gasteiger partial charge in [-0.25, -0.2) is 8.42 Å². The third-order valence-electron chi connectivity index (χ3n) is 4.15. The van der Waals surface area contributed by atoms with E-state index in [1.807, 2.05) is 38.1 Å². The predicted octanol–water partition coefficient (Wildman–Crippen LogP) is 3.09. The van der Waals surface area contributed by atoms with Crippen molar-refractivity contribution in [2.45, 2.75) is 31.9 Å². The smallest absolute Gasteiger partial charge is 0.253 e. The van der Waals surface area contributed by atoms with Gasteiger partial charge in [0.05, 0.1) is 23.5 Å². The van der Waals surface area contributed by atoms with Crippen LogP contribution in [0.1, 0.15) is 42.2 Å². The molecule has 6 nitrogen and oxygen atoms in total. The Balaban J connectivity index is 1.89. The lowest BCUT2D eigenvalue weighted by molar-refractivity contribution is 0.0620. The second-order valence-electron chi connectivity index (χ2n) is 7.05. The molecule has 1 amide bonds. The molecule has 0 aromatic heterocycles. The maximum atomic E-state index is 12.9. The molecular weight excluding hydrogens is 352 g/mol. The highest BCUT2D eigenvalue weighted by Gasteiger charge is 2.34. The summed E-state index contributed by atoms with van der Waals surface area (Å²) in [5.41, 5.74) is 1.03. The van der Waals surface area contributed by atoms with Gasteiger partial charge in [0.2, 0.25) is 10.0 Å². The van der Waals surface area contributed by atoms with Gasteiger partial charge >= 0.3 is 0 Å². The van der Waals surface area contributed by atoms with E-state index in [9.17, 15) is 13.2 Å². The molecule has 0 fully saturated rings. The van der Waals surface area contributed by atoms with Crippen molar-refractivity contribution in [3.63, 3.8) is 0 Å². The Morgan fingerprint density at radius 1 is 1.12 bits per heavy atom. The first kappa shape index (κ1) is 18.3. The number of carbonyl (C=O) groups is 1. The monoisotopic (exact) mass is 374 g/mol. The van der Waals surface area contributed by atoms with Crippen molar-refractivity contribution in [1.82, 2.24) is 5.32 Å². The number of para-hydroxylation sites is 2. The molecule has 0 unspecified atom stereocenters. The number of hydrogen-bond donors (Lipinski definition) is 2. The van der Waals surface area contributed by atoms with Crippen LogP contribution in [0.4, 0.5) is 5.69 Å². The van der Waals surface area contributed by atoms with E-state index in [1.54, 1.807) is 24.3 Å². The van der Waals surface area contributed by atoms with Crippen molar-refractivity contribution in [3.8, 4) is 5.75 Å². The van der Waals surface area contributed by atoms with Crippen molar-refractivity contribution >= 4 is 21.6 Å². The molecule has 2 N–H and O–H groups in total. The molecule has 2 aromatic rings. The zero-order chi connectivity index (χ0) is 18.9. The summed E-state index contributed by atoms with van der Waals surface area (Å²) in [5.74, 6) is 0.408. The third-order valence-corrected chi connectivity index (χ3v) is 4.74. The maximum absolute atomic E-state index is 12.9. The Bertz CT molecular complexity index is 938. The summed E-state index contributed by atoms with van der Waals surface area (Å²) in [5, 5.41) is 3.02. The lowest BCUT2D eigenvalue weighted by Gasteiger charge is -2.38. The Kier molecular flexibility index (Phi) is 4.66. The van der Waals surface area contributed by atoms with Gasteiger partial charge in [-0.3, -0.25) is 9.52 Å². The SMILES string of the molecule is CC1(C)C[C@@H](NC(=O)c2ccccc2NS(C)(=O)=O)c2ccccc2O1. The van der Waals surface area contributed by atoms with E-state index in [-0.39, 0.29) is 23.2 Å². The molecule has 1 heterocycles. The van der Waals surface area contributed by atoms with Gasteiger partial charge in [-0.2, -0.15) is 0 Å². The number of amides is 1. The average Bonchev–Trinajstić information content (AvgIpc) is 2.52. The molecule has 7 heteroatoms. The fourth-order valence-corrected chi connectivity index (χ4v) is 3.71. The fourth-order valence-electron chi connectivity index (χ4n) is 3.14. The number of benzene rings is 2. The first-order valence-corrected chi connectivity index (χ1v) is 10.2. The summed E-state index contributed by atoms with van der Waals surface area (Å²) in [6.07, 6.45) is 1.66. The maximum Gasteiger partial charge on any atom is 0.253 e. The van der Waals surface area contributed by atoms with Gasteiger partial charge in [0.25, 0.3) is 5.91 Å². The zero-order valence-corrected chi connectivity index (χ0v) is 15.8. The molecule has 138 valence electrons. The number of carbonyl (C=O) groups excluding carboxylic acids is 1. The molecule has 1 atom stereocenters. The molecule has 2 aromatic carbocycles. The van der Waals surface area contributed by atoms with Crippen molar-refractivity contribution in [1.29, 1.82) is 0 Å². The number of sulfonamides is 1. The van der Waals surface area contributed by atoms with Crippen LogP contribution in [-0.4, -0.2) is 26.2 Å². The predicted molar refractivity (Wildman–Crippen MR) is 101 cm³/mol. The zero-order valence-electron chi connectivity index (χ0n) is 14.9. The van der Waals surface area contributed by atoms with E-state index >= 15 is 0 Å². The van der Waals surface area contributed by atoms with E-state index < -0.39 is 15.6 Å². The van der Waals surface area contributed by atoms with Crippen molar-refractivity contribution in [2.75, 3.05) is 11.0 Å². The van der Waals surface area contributed by atoms with Crippen LogP contribution in [0.25, 0.3) is 0 Å². The standard InChI is InChI=1S/C19H22N2O4S/c1-19(2)12-16(13-8-5-7-11-17(13)25-19)20-18(22)14-9-4-6-10-15(14)21-26(3,23)24/h4-11,16,21H,12H2,1-3H3,(H,20,22)/t16-/m1/s1. The summed E-state index contributed by atoms with van der Waals surface area (Å²) >= 11 is 0. The van der Waals surface area contributed by atoms with Crippen LogP contribution in [-0.2, 0) is 10.0 Å². The molecule has 3 rings (SSSR count). The second-order valence-corrected chi connectivity index (χ2v) is 8.80. The lowest BCUT2D eigenvalue weighted by Crippen LogP contribution is -2.41. The highest BCUT2D eigenvalue weighted by Crippen LogP contribution is 2.39. The molecule has 0 aliphatic carbocycles. The number of ether oxygens (including phenoxy) is 1. The Morgan fingerprint density at radius 2 is 1.77 bits per heavy atom. The molecule has 0 saturated heterocycles. The molecule has 0 saturated carbocycles. The highest BCUT2D eigenvalue weighted by molar-refractivity contribution is 7.92. The van der Waals surface area contributed by atoms with Gasteiger partial charge in [0, 0.05) is 12.0 Å². The number of rotatable bonds is 4. The summed E-state index contributed by atoms with van der Waals surface area (Å²) in [7, 11) is -3.48. The minimum atomic E-state index is -3.48. The van der Waals surface area contributed by atoms with Crippen molar-refractivity contribution in [2.24, 2.45) is 0 Å². The Morgan fingerprint density at radius 3 is 2.50 bits per heavy atom. The van der Waals surface area contributed by atoms with E-state index in [0.29, 0.717) is 6.42 Å². The van der Waals surface area contributed by atoms with Gasteiger partial charge in [0.15, 0.2) is 0 Å². The minimum absolute atomic E-state index is 0.228. The highest BCUT2D eigenvalue weighted by atomic mass is 32.2. The minimum Gasteiger partial charge on any atom is -0.487 e. The molecular formula is C19H22N2O4S. The van der Waals surface area contributed by atoms with Crippen LogP contribution in [0.2, 0.25) is 0 Å².